The fraction of sp³-hybridized carbons (Fsp3) is 0.125. The van der Waals surface area contributed by atoms with E-state index in [4.69, 9.17) is 0 Å². The number of nitrogens with one attached hydrogen (secondary N) is 1. The molecule has 0 aliphatic heterocycles. The van der Waals surface area contributed by atoms with Gasteiger partial charge in [0.05, 0.1) is 0 Å². The van der Waals surface area contributed by atoms with Gasteiger partial charge in [0.25, 0.3) is 0 Å². The molecule has 0 unspecified atom stereocenters. The van der Waals surface area contributed by atoms with Crippen LogP contribution in [0.4, 0.5) is 5.69 Å². The van der Waals surface area contributed by atoms with Crippen LogP contribution in [0.3, 0.4) is 0 Å². The first kappa shape index (κ1) is 7.07. The van der Waals surface area contributed by atoms with Crippen LogP contribution in [0.25, 0.3) is 0 Å². The van der Waals surface area contributed by atoms with Gasteiger partial charge in [-0.3, -0.25) is 0 Å². The Kier molecular flexibility index (Phi) is 2.27. The molecule has 2 heteroatoms. The van der Waals surface area contributed by atoms with Gasteiger partial charge < -0.3 is 0 Å². The van der Waals surface area contributed by atoms with Gasteiger partial charge in [0, 0.05) is 0 Å². The zero-order valence-corrected chi connectivity index (χ0v) is 6.09. The molecule has 0 heterocycles. The predicted octanol–water partition coefficient (Wildman–Crippen LogP) is 0.490. The van der Waals surface area contributed by atoms with Crippen LogP contribution < -0.4 is 10.8 Å². The molecule has 0 aromatic heterocycles. The van der Waals surface area contributed by atoms with Crippen LogP contribution in [-0.4, -0.2) is 20.4 Å². The number of rotatable bonds is 2. The number of anilines is 1. The molecular formula is C8H10BN. The van der Waals surface area contributed by atoms with Gasteiger partial charge in [-0.2, -0.15) is 0 Å². The van der Waals surface area contributed by atoms with E-state index in [2.05, 4.69) is 11.8 Å². The van der Waals surface area contributed by atoms with Crippen molar-refractivity contribution >= 4 is 24.5 Å². The van der Waals surface area contributed by atoms with Crippen molar-refractivity contribution < 1.29 is 0 Å². The molecule has 0 bridgehead atoms. The van der Waals surface area contributed by atoms with Crippen LogP contribution >= 0.6 is 0 Å². The zero-order chi connectivity index (χ0) is 7.40. The van der Waals surface area contributed by atoms with E-state index in [0.717, 1.165) is 11.2 Å². The standard InChI is InChI=1S/C8H10BN/c1-9-7-3-5-8(10-2)6-4-7/h3-6,10H,1H2,2H3. The van der Waals surface area contributed by atoms with Crippen LogP contribution in [0.1, 0.15) is 0 Å². The third kappa shape index (κ3) is 1.47. The van der Waals surface area contributed by atoms with Gasteiger partial charge in [0.2, 0.25) is 0 Å². The summed E-state index contributed by atoms with van der Waals surface area (Å²) in [6.07, 6.45) is 0. The Bertz CT molecular complexity index is 215. The molecule has 0 amide bonds. The van der Waals surface area contributed by atoms with Gasteiger partial charge in [0.1, 0.15) is 0 Å². The van der Waals surface area contributed by atoms with Crippen LogP contribution in [0.5, 0.6) is 0 Å². The van der Waals surface area contributed by atoms with Gasteiger partial charge in [0.15, 0.2) is 0 Å². The fourth-order valence-electron chi connectivity index (χ4n) is 0.786. The van der Waals surface area contributed by atoms with Crippen molar-refractivity contribution in [2.24, 2.45) is 0 Å². The second-order valence-electron chi connectivity index (χ2n) is 2.08. The Morgan fingerprint density at radius 2 is 1.90 bits per heavy atom. The summed E-state index contributed by atoms with van der Waals surface area (Å²) in [5.74, 6) is 0. The molecule has 1 N–H and O–H groups in total. The third-order valence-electron chi connectivity index (χ3n) is 1.44. The summed E-state index contributed by atoms with van der Waals surface area (Å²) in [5, 5.41) is 3.04. The first-order valence-corrected chi connectivity index (χ1v) is 3.27. The molecular weight excluding hydrogens is 121 g/mol. The van der Waals surface area contributed by atoms with E-state index in [-0.39, 0.29) is 0 Å². The molecule has 0 aliphatic carbocycles. The van der Waals surface area contributed by atoms with E-state index in [1.165, 1.54) is 0 Å². The van der Waals surface area contributed by atoms with Gasteiger partial charge in [-0.25, -0.2) is 0 Å². The molecule has 0 spiro atoms. The van der Waals surface area contributed by atoms with Crippen molar-refractivity contribution in [1.29, 1.82) is 0 Å². The molecule has 1 aromatic rings. The summed E-state index contributed by atoms with van der Waals surface area (Å²) in [6.45, 7) is 5.50. The average Bonchev–Trinajstić information content (AvgIpc) is 2.05. The van der Waals surface area contributed by atoms with E-state index >= 15 is 0 Å². The van der Waals surface area contributed by atoms with Gasteiger partial charge in [-0.05, 0) is 0 Å². The molecule has 0 aliphatic rings. The molecule has 50 valence electrons. The van der Waals surface area contributed by atoms with Crippen LogP contribution in [0.15, 0.2) is 24.3 Å². The zero-order valence-electron chi connectivity index (χ0n) is 6.09. The summed E-state index contributed by atoms with van der Waals surface area (Å²) in [7, 11) is 1.91. The van der Waals surface area contributed by atoms with E-state index in [0.29, 0.717) is 0 Å². The maximum atomic E-state index is 3.67. The first-order chi connectivity index (χ1) is 4.86. The monoisotopic (exact) mass is 131 g/mol. The molecule has 0 atom stereocenters. The number of hydrogen-bond donors (Lipinski definition) is 1. The maximum absolute atomic E-state index is 3.67. The molecule has 10 heavy (non-hydrogen) atoms. The van der Waals surface area contributed by atoms with Crippen molar-refractivity contribution in [3.8, 4) is 0 Å². The molecule has 1 rings (SSSR count). The SMILES string of the molecule is C=Bc1ccc(NC)cc1. The Labute approximate surface area is 62.0 Å². The van der Waals surface area contributed by atoms with Gasteiger partial charge in [-0.15, -0.1) is 0 Å². The van der Waals surface area contributed by atoms with E-state index in [1.54, 1.807) is 0 Å². The van der Waals surface area contributed by atoms with Crippen molar-refractivity contribution in [3.63, 3.8) is 0 Å². The van der Waals surface area contributed by atoms with Crippen LogP contribution in [0.2, 0.25) is 0 Å². The summed E-state index contributed by atoms with van der Waals surface area (Å²) in [6, 6.07) is 8.10. The van der Waals surface area contributed by atoms with Crippen molar-refractivity contribution in [2.75, 3.05) is 12.4 Å². The van der Waals surface area contributed by atoms with Crippen molar-refractivity contribution in [3.05, 3.63) is 24.3 Å². The molecule has 1 nitrogen and oxygen atoms in total. The predicted molar refractivity (Wildman–Crippen MR) is 48.5 cm³/mol. The first-order valence-electron chi connectivity index (χ1n) is 3.27. The van der Waals surface area contributed by atoms with Crippen molar-refractivity contribution in [2.45, 2.75) is 0 Å². The Hall–Kier alpha value is -1.05. The Morgan fingerprint density at radius 3 is 2.30 bits per heavy atom. The summed E-state index contributed by atoms with van der Waals surface area (Å²) in [4.78, 5) is 0. The Morgan fingerprint density at radius 1 is 1.30 bits per heavy atom. The quantitative estimate of drug-likeness (QED) is 0.576. The number of benzene rings is 1. The minimum atomic E-state index is 1.13. The van der Waals surface area contributed by atoms with E-state index in [9.17, 15) is 0 Å². The second-order valence-corrected chi connectivity index (χ2v) is 2.08. The normalized spacial score (nSPS) is 8.50. The summed E-state index contributed by atoms with van der Waals surface area (Å²) < 4.78 is 0. The number of hydrogen-bond acceptors (Lipinski definition) is 1. The van der Waals surface area contributed by atoms with Crippen molar-refractivity contribution in [1.82, 2.24) is 0 Å². The second kappa shape index (κ2) is 3.21. The fourth-order valence-corrected chi connectivity index (χ4v) is 0.786. The minimum absolute atomic E-state index is 1.13. The summed E-state index contributed by atoms with van der Waals surface area (Å²) in [5.41, 5.74) is 2.28. The molecule has 0 saturated carbocycles. The molecule has 0 radical (unpaired) electrons. The van der Waals surface area contributed by atoms with E-state index in [1.807, 2.05) is 38.2 Å². The average molecular weight is 131 g/mol. The molecule has 1 aromatic carbocycles. The van der Waals surface area contributed by atoms with Crippen LogP contribution in [-0.2, 0) is 0 Å². The third-order valence-corrected chi connectivity index (χ3v) is 1.44. The van der Waals surface area contributed by atoms with Gasteiger partial charge >= 0.3 is 61.2 Å². The molecule has 0 fully saturated rings. The topological polar surface area (TPSA) is 12.0 Å². The summed E-state index contributed by atoms with van der Waals surface area (Å²) >= 11 is 0. The van der Waals surface area contributed by atoms with Crippen LogP contribution in [0, 0.1) is 0 Å². The molecule has 0 saturated heterocycles. The van der Waals surface area contributed by atoms with Gasteiger partial charge in [-0.1, -0.05) is 0 Å². The Balaban J connectivity index is 2.90. The van der Waals surface area contributed by atoms with E-state index < -0.39 is 0 Å².